The van der Waals surface area contributed by atoms with E-state index in [4.69, 9.17) is 56.9 Å². The van der Waals surface area contributed by atoms with Gasteiger partial charge in [0.05, 0.1) is 84.2 Å². The third-order valence-corrected chi connectivity index (χ3v) is 21.2. The lowest BCUT2D eigenvalue weighted by Gasteiger charge is -2.46. The molecule has 446 valence electrons. The number of ketones is 1. The molecule has 80 heavy (non-hydrogen) atoms. The number of carbonyl (C=O) groups excluding carboxylic acids is 2. The third kappa shape index (κ3) is 14.8. The smallest absolute Gasteiger partial charge is 0.229 e. The fraction of sp³-hybridized carbons (Fsp3) is 0.704. The highest BCUT2D eigenvalue weighted by molar-refractivity contribution is 14.1. The van der Waals surface area contributed by atoms with E-state index in [1.54, 1.807) is 73.1 Å². The standard InChI is InChI=1S/C54H75IN2O19S4/c1-12-56-31-24-69-36(22-35(31)65-7)74-48-43(61)41(27(4)71-53(48)73-34-17-15-13-14-16-19-54(64)23-33(59)25(2)38(34)30(54)18-20-78-80-77-11)57-76-37-21-32(58)50(29(6)70-37)79-51(63)39-26(3)40(55)46(49(68-10)45(39)66-8)75-52-44(62)47(67-9)42(60)28(5)72-52/h18,27-29,31-32,34-37,41-44,47-48,50,52-53,56-58,60-62,64H,12-14,20-24H2,1-11H3/b30-18+/t27-,28+,29-,31+,32+,34+,35+,36+,37+,41-,42+,43+,44-,47-,48-,50-,52+,53+,54+/m1/s1. The molecule has 0 amide bonds. The fourth-order valence-corrected chi connectivity index (χ4v) is 14.7. The molecule has 4 saturated heterocycles. The van der Waals surface area contributed by atoms with Crippen molar-refractivity contribution in [3.8, 4) is 40.9 Å². The monoisotopic (exact) mass is 1310 g/mol. The van der Waals surface area contributed by atoms with Crippen LogP contribution in [0.2, 0.25) is 0 Å². The van der Waals surface area contributed by atoms with E-state index in [0.29, 0.717) is 51.0 Å². The van der Waals surface area contributed by atoms with Gasteiger partial charge in [-0.1, -0.05) is 70.0 Å². The number of carbonyl (C=O) groups is 2. The van der Waals surface area contributed by atoms with Crippen LogP contribution in [-0.4, -0.2) is 205 Å². The number of halogens is 1. The van der Waals surface area contributed by atoms with Crippen molar-refractivity contribution in [2.75, 3.05) is 53.6 Å². The van der Waals surface area contributed by atoms with Gasteiger partial charge < -0.3 is 83.0 Å². The van der Waals surface area contributed by atoms with Crippen LogP contribution < -0.4 is 25.0 Å². The molecule has 4 heterocycles. The summed E-state index contributed by atoms with van der Waals surface area (Å²) >= 11 is 2.87. The number of methoxy groups -OCH3 is 4. The molecule has 7 rings (SSSR count). The number of allylic oxidation sites excluding steroid dienone is 1. The Morgan fingerprint density at radius 3 is 2.27 bits per heavy atom. The molecule has 0 saturated carbocycles. The van der Waals surface area contributed by atoms with Gasteiger partial charge in [0.15, 0.2) is 41.8 Å². The van der Waals surface area contributed by atoms with Gasteiger partial charge in [-0.3, -0.25) is 14.4 Å². The molecule has 0 unspecified atom stereocenters. The topological polar surface area (TPSA) is 270 Å². The second-order valence-electron chi connectivity index (χ2n) is 19.9. The number of rotatable bonds is 21. The number of aliphatic hydroxyl groups is 5. The van der Waals surface area contributed by atoms with E-state index in [9.17, 15) is 35.1 Å². The van der Waals surface area contributed by atoms with Gasteiger partial charge >= 0.3 is 0 Å². The lowest BCUT2D eigenvalue weighted by Crippen LogP contribution is -2.65. The maximum Gasteiger partial charge on any atom is 0.229 e. The molecule has 4 fully saturated rings. The summed E-state index contributed by atoms with van der Waals surface area (Å²) in [6, 6.07) is -1.12. The maximum atomic E-state index is 14.4. The first-order valence-electron chi connectivity index (χ1n) is 26.4. The van der Waals surface area contributed by atoms with Crippen LogP contribution in [0.5, 0.6) is 17.2 Å². The average molecular weight is 1310 g/mol. The summed E-state index contributed by atoms with van der Waals surface area (Å²) in [5.41, 5.74) is 2.91. The molecular weight excluding hydrogens is 1240 g/mol. The van der Waals surface area contributed by atoms with E-state index in [-0.39, 0.29) is 66.6 Å². The van der Waals surface area contributed by atoms with E-state index < -0.39 is 108 Å². The average Bonchev–Trinajstić information content (AvgIpc) is 3.58. The largest absolute Gasteiger partial charge is 0.492 e. The number of hydroxylamine groups is 1. The molecule has 0 aromatic heterocycles. The van der Waals surface area contributed by atoms with Crippen molar-refractivity contribution in [1.82, 2.24) is 10.8 Å². The van der Waals surface area contributed by atoms with E-state index in [0.717, 1.165) is 11.8 Å². The van der Waals surface area contributed by atoms with Crippen LogP contribution in [-0.2, 0) is 47.5 Å². The Bertz CT molecular complexity index is 2520. The Kier molecular flexibility index (Phi) is 24.5. The van der Waals surface area contributed by atoms with Crippen molar-refractivity contribution in [2.45, 2.75) is 189 Å². The van der Waals surface area contributed by atoms with Crippen molar-refractivity contribution in [3.05, 3.63) is 37.5 Å². The summed E-state index contributed by atoms with van der Waals surface area (Å²) in [6.07, 6.45) is -11.2. The number of ether oxygens (including phenoxy) is 11. The first-order valence-corrected chi connectivity index (χ1v) is 32.4. The number of hydrogen-bond acceptors (Lipinski definition) is 25. The molecule has 0 spiro atoms. The van der Waals surface area contributed by atoms with Gasteiger partial charge in [-0.2, -0.15) is 5.48 Å². The van der Waals surface area contributed by atoms with Gasteiger partial charge in [0, 0.05) is 56.8 Å². The first-order chi connectivity index (χ1) is 38.2. The van der Waals surface area contributed by atoms with E-state index in [2.05, 4.69) is 34.5 Å². The second kappa shape index (κ2) is 29.9. The number of aliphatic hydroxyl groups excluding tert-OH is 4. The maximum absolute atomic E-state index is 14.4. The zero-order valence-electron chi connectivity index (χ0n) is 46.6. The Morgan fingerprint density at radius 1 is 0.875 bits per heavy atom. The highest BCUT2D eigenvalue weighted by atomic mass is 127. The van der Waals surface area contributed by atoms with Gasteiger partial charge in [0.2, 0.25) is 17.2 Å². The summed E-state index contributed by atoms with van der Waals surface area (Å²) in [6.45, 7) is 11.3. The zero-order chi connectivity index (χ0) is 58.2. The van der Waals surface area contributed by atoms with Crippen LogP contribution in [0, 0.1) is 34.2 Å². The van der Waals surface area contributed by atoms with Crippen LogP contribution >= 0.6 is 65.8 Å². The van der Waals surface area contributed by atoms with Crippen molar-refractivity contribution in [1.29, 1.82) is 0 Å². The predicted octanol–water partition coefficient (Wildman–Crippen LogP) is 4.13. The normalized spacial score (nSPS) is 37.1. The molecule has 4 aliphatic heterocycles. The van der Waals surface area contributed by atoms with E-state index >= 15 is 0 Å². The molecule has 21 nitrogen and oxygen atoms in total. The minimum atomic E-state index is -1.80. The third-order valence-electron chi connectivity index (χ3n) is 14.8. The van der Waals surface area contributed by atoms with Crippen molar-refractivity contribution in [3.63, 3.8) is 0 Å². The lowest BCUT2D eigenvalue weighted by molar-refractivity contribution is -0.336. The van der Waals surface area contributed by atoms with Crippen molar-refractivity contribution < 1.29 is 92.1 Å². The fourth-order valence-electron chi connectivity index (χ4n) is 10.5. The summed E-state index contributed by atoms with van der Waals surface area (Å²) in [4.78, 5) is 34.3. The molecule has 0 radical (unpaired) electrons. The first kappa shape index (κ1) is 65.6. The molecule has 2 bridgehead atoms. The van der Waals surface area contributed by atoms with Crippen LogP contribution in [0.25, 0.3) is 0 Å². The molecule has 1 aromatic rings. The number of benzene rings is 1. The molecule has 2 aliphatic carbocycles. The SMILES string of the molecule is CCN[C@H]1CO[C@@H](O[C@H]2[C@H](O[C@H]3C#CCCC#C[C@]4(O)CC(=O)C(C)=C3/C4=C\CSSSC)O[C@H](C)[C@@H](NO[C@H]3C[C@H](O)[C@H](SC(=O)c4c(C)c(I)c(O[C@@H]5O[C@@H](C)[C@H](O)[C@@H](OC)[C@H]5O)c(OC)c4OC)[C@@H](C)O3)[C@@H]2O)C[C@@H]1OC. The molecular formula is C54H75IN2O19S4. The number of Topliss-reactive ketones (excluding diaryl/α,β-unsaturated/α-hetero) is 1. The minimum absolute atomic E-state index is 0.0476. The van der Waals surface area contributed by atoms with Gasteiger partial charge in [-0.05, 0) is 91.0 Å². The Morgan fingerprint density at radius 2 is 1.60 bits per heavy atom. The summed E-state index contributed by atoms with van der Waals surface area (Å²) < 4.78 is 67.8. The van der Waals surface area contributed by atoms with E-state index in [1.807, 2.05) is 41.8 Å². The van der Waals surface area contributed by atoms with Crippen LogP contribution in [0.1, 0.15) is 82.6 Å². The van der Waals surface area contributed by atoms with Gasteiger partial charge in [0.25, 0.3) is 0 Å². The van der Waals surface area contributed by atoms with Crippen molar-refractivity contribution >= 4 is 76.7 Å². The lowest BCUT2D eigenvalue weighted by atomic mass is 9.74. The minimum Gasteiger partial charge on any atom is -0.492 e. The van der Waals surface area contributed by atoms with E-state index in [1.165, 1.54) is 21.3 Å². The van der Waals surface area contributed by atoms with Crippen LogP contribution in [0.4, 0.5) is 0 Å². The quantitative estimate of drug-likeness (QED) is 0.0300. The number of fused-ring (bicyclic) bond motifs is 2. The Balaban J connectivity index is 1.08. The number of thioether (sulfide) groups is 1. The van der Waals surface area contributed by atoms with Crippen molar-refractivity contribution in [2.24, 2.45) is 0 Å². The summed E-state index contributed by atoms with van der Waals surface area (Å²) in [5, 5.41) is 60.0. The molecule has 26 heteroatoms. The van der Waals surface area contributed by atoms with Gasteiger partial charge in [-0.25, -0.2) is 0 Å². The number of hydrogen-bond donors (Lipinski definition) is 7. The predicted molar refractivity (Wildman–Crippen MR) is 310 cm³/mol. The summed E-state index contributed by atoms with van der Waals surface area (Å²) in [5.74, 6) is 12.7. The van der Waals surface area contributed by atoms with Crippen LogP contribution in [0.3, 0.4) is 0 Å². The second-order valence-corrected chi connectivity index (χ2v) is 26.5. The number of nitrogens with one attached hydrogen (secondary N) is 2. The highest BCUT2D eigenvalue weighted by Crippen LogP contribution is 2.49. The van der Waals surface area contributed by atoms with Crippen LogP contribution in [0.15, 0.2) is 22.8 Å². The molecule has 19 atom stereocenters. The molecule has 1 aromatic carbocycles. The molecule has 6 aliphatic rings. The Hall–Kier alpha value is -1.95. The highest BCUT2D eigenvalue weighted by Gasteiger charge is 2.51. The van der Waals surface area contributed by atoms with Gasteiger partial charge in [-0.15, -0.1) is 0 Å². The zero-order valence-corrected chi connectivity index (χ0v) is 52.0. The van der Waals surface area contributed by atoms with Gasteiger partial charge in [0.1, 0.15) is 36.6 Å². The Labute approximate surface area is 497 Å². The summed E-state index contributed by atoms with van der Waals surface area (Å²) in [7, 11) is 10.5. The molecule has 7 N–H and O–H groups in total. The number of likely N-dealkylation sites (N-methyl/N-ethyl adjacent to an activating group) is 1.